The van der Waals surface area contributed by atoms with Crippen LogP contribution in [0.25, 0.3) is 44.4 Å². The van der Waals surface area contributed by atoms with Gasteiger partial charge in [0.25, 0.3) is 0 Å². The molecule has 0 atom stereocenters. The molecular weight excluding hydrogens is 816 g/mol. The maximum absolute atomic E-state index is 14.7. The monoisotopic (exact) mass is 901 g/mol. The lowest BCUT2D eigenvalue weighted by Gasteiger charge is -2.33. The van der Waals surface area contributed by atoms with Gasteiger partial charge < -0.3 is 4.57 Å². The van der Waals surface area contributed by atoms with Crippen molar-refractivity contribution < 1.29 is 4.57 Å². The number of nitrogens with zero attached hydrogens (tertiary/aromatic N) is 2. The normalized spacial score (nSPS) is 13.2. The van der Waals surface area contributed by atoms with Crippen molar-refractivity contribution in [2.45, 2.75) is 213 Å². The molecule has 1 aliphatic rings. The molecule has 0 saturated carbocycles. The van der Waals surface area contributed by atoms with Crippen molar-refractivity contribution in [1.29, 1.82) is 0 Å². The molecule has 0 amide bonds. The molecule has 348 valence electrons. The zero-order valence-corrected chi connectivity index (χ0v) is 42.8. The van der Waals surface area contributed by atoms with Crippen LogP contribution < -0.4 is 0 Å². The molecule has 0 fully saturated rings. The summed E-state index contributed by atoms with van der Waals surface area (Å²) in [6.45, 7) is 11.4. The summed E-state index contributed by atoms with van der Waals surface area (Å²) in [5, 5.41) is 0. The fourth-order valence-corrected chi connectivity index (χ4v) is 14.5. The molecule has 1 aliphatic carbocycles. The largest absolute Gasteiger partial charge is 0.323 e. The smallest absolute Gasteiger partial charge is 0.112 e. The fourth-order valence-electron chi connectivity index (χ4n) is 10.9. The lowest BCUT2D eigenvalue weighted by molar-refractivity contribution is 0.398. The van der Waals surface area contributed by atoms with Gasteiger partial charge in [-0.2, -0.15) is 8.75 Å². The summed E-state index contributed by atoms with van der Waals surface area (Å²) in [5.41, 5.74) is 15.4. The number of benzene rings is 4. The highest BCUT2D eigenvalue weighted by Crippen LogP contribution is 2.56. The van der Waals surface area contributed by atoms with Crippen LogP contribution in [-0.2, 0) is 16.1 Å². The highest BCUT2D eigenvalue weighted by molar-refractivity contribution is 7.63. The highest BCUT2D eigenvalue weighted by Gasteiger charge is 2.42. The van der Waals surface area contributed by atoms with Crippen molar-refractivity contribution in [1.82, 2.24) is 8.75 Å². The molecule has 0 spiro atoms. The standard InChI is InChI=1S/C59H85N2OPS/c1-6-10-14-18-22-26-40-59(41-27-23-19-15-11-7-2)55-44-50(35-38-53(55)54-39-36-51(45-56(54)59)52-37-30-47(5)57-58(52)61-64-60-57)49-33-31-48(32-34-49)46-63(62,42-28-24-20-16-12-8-3)43-29-25-21-17-13-9-4/h30-39,44-45H,6-29,40-43,46H2,1-5H3. The van der Waals surface area contributed by atoms with Gasteiger partial charge in [0, 0.05) is 29.5 Å². The first-order chi connectivity index (χ1) is 31.4. The van der Waals surface area contributed by atoms with E-state index in [1.165, 1.54) is 221 Å². The number of aryl methyl sites for hydroxylation is 1. The van der Waals surface area contributed by atoms with E-state index in [0.29, 0.717) is 0 Å². The average Bonchev–Trinajstić information content (AvgIpc) is 3.91. The number of hydrogen-bond acceptors (Lipinski definition) is 4. The predicted molar refractivity (Wildman–Crippen MR) is 283 cm³/mol. The Labute approximate surface area is 395 Å². The Kier molecular flexibility index (Phi) is 20.7. The molecule has 0 unspecified atom stereocenters. The van der Waals surface area contributed by atoms with Gasteiger partial charge in [0.1, 0.15) is 11.0 Å². The van der Waals surface area contributed by atoms with E-state index in [1.807, 2.05) is 0 Å². The number of hydrogen-bond donors (Lipinski definition) is 0. The van der Waals surface area contributed by atoms with E-state index >= 15 is 0 Å². The molecular formula is C59H85N2OPS. The van der Waals surface area contributed by atoms with Gasteiger partial charge in [-0.3, -0.25) is 0 Å². The summed E-state index contributed by atoms with van der Waals surface area (Å²) in [6.07, 6.45) is 35.7. The van der Waals surface area contributed by atoms with E-state index in [9.17, 15) is 4.57 Å². The molecule has 0 bridgehead atoms. The third-order valence-corrected chi connectivity index (χ3v) is 18.5. The highest BCUT2D eigenvalue weighted by atomic mass is 32.1. The van der Waals surface area contributed by atoms with Crippen molar-refractivity contribution in [3.05, 3.63) is 95.1 Å². The Morgan fingerprint density at radius 3 is 1.41 bits per heavy atom. The van der Waals surface area contributed by atoms with Crippen LogP contribution >= 0.6 is 18.9 Å². The first kappa shape index (κ1) is 50.3. The Hall–Kier alpha value is -3.07. The molecule has 1 heterocycles. The van der Waals surface area contributed by atoms with Crippen LogP contribution in [0.2, 0.25) is 0 Å². The lowest BCUT2D eigenvalue weighted by Crippen LogP contribution is -2.25. The molecule has 0 radical (unpaired) electrons. The van der Waals surface area contributed by atoms with E-state index < -0.39 is 7.14 Å². The molecule has 0 aliphatic heterocycles. The minimum absolute atomic E-state index is 0.0317. The summed E-state index contributed by atoms with van der Waals surface area (Å²) in [6, 6.07) is 28.6. The van der Waals surface area contributed by atoms with Crippen molar-refractivity contribution in [2.75, 3.05) is 12.3 Å². The SMILES string of the molecule is CCCCCCCCC1(CCCCCCCC)c2cc(-c3ccc(CP(=O)(CCCCCCCC)CCCCCCCC)cc3)ccc2-c2ccc(-c3ccc(C)c4nsnc34)cc21. The van der Waals surface area contributed by atoms with E-state index in [-0.39, 0.29) is 5.41 Å². The third-order valence-electron chi connectivity index (χ3n) is 14.8. The van der Waals surface area contributed by atoms with Gasteiger partial charge in [-0.05, 0) is 94.8 Å². The van der Waals surface area contributed by atoms with Crippen LogP contribution in [-0.4, -0.2) is 21.1 Å². The second-order valence-electron chi connectivity index (χ2n) is 19.9. The average molecular weight is 901 g/mol. The number of aromatic nitrogens is 2. The van der Waals surface area contributed by atoms with Gasteiger partial charge in [0.15, 0.2) is 0 Å². The summed E-state index contributed by atoms with van der Waals surface area (Å²) in [4.78, 5) is 0. The molecule has 0 N–H and O–H groups in total. The van der Waals surface area contributed by atoms with Crippen LogP contribution in [0.3, 0.4) is 0 Å². The Morgan fingerprint density at radius 2 is 0.875 bits per heavy atom. The molecule has 64 heavy (non-hydrogen) atoms. The second kappa shape index (κ2) is 26.3. The van der Waals surface area contributed by atoms with E-state index in [2.05, 4.69) is 107 Å². The van der Waals surface area contributed by atoms with Crippen LogP contribution in [0, 0.1) is 6.92 Å². The van der Waals surface area contributed by atoms with Crippen molar-refractivity contribution >= 4 is 29.9 Å². The van der Waals surface area contributed by atoms with Crippen LogP contribution in [0.4, 0.5) is 0 Å². The summed E-state index contributed by atoms with van der Waals surface area (Å²) >= 11 is 1.33. The van der Waals surface area contributed by atoms with Crippen LogP contribution in [0.15, 0.2) is 72.8 Å². The van der Waals surface area contributed by atoms with Gasteiger partial charge in [-0.15, -0.1) is 0 Å². The maximum atomic E-state index is 14.7. The van der Waals surface area contributed by atoms with Crippen LogP contribution in [0.5, 0.6) is 0 Å². The van der Waals surface area contributed by atoms with Crippen molar-refractivity contribution in [3.63, 3.8) is 0 Å². The van der Waals surface area contributed by atoms with Gasteiger partial charge in [-0.25, -0.2) is 0 Å². The molecule has 3 nitrogen and oxygen atoms in total. The van der Waals surface area contributed by atoms with E-state index in [4.69, 9.17) is 8.75 Å². The molecule has 4 aromatic carbocycles. The summed E-state index contributed by atoms with van der Waals surface area (Å²) in [5.74, 6) is 0. The van der Waals surface area contributed by atoms with Gasteiger partial charge in [0.2, 0.25) is 0 Å². The van der Waals surface area contributed by atoms with Crippen molar-refractivity contribution in [3.8, 4) is 33.4 Å². The Bertz CT molecular complexity index is 2150. The minimum Gasteiger partial charge on any atom is -0.323 e. The van der Waals surface area contributed by atoms with E-state index in [1.54, 1.807) is 0 Å². The maximum Gasteiger partial charge on any atom is 0.112 e. The lowest BCUT2D eigenvalue weighted by atomic mass is 9.70. The summed E-state index contributed by atoms with van der Waals surface area (Å²) in [7, 11) is -2.29. The number of unbranched alkanes of at least 4 members (excludes halogenated alkanes) is 20. The number of rotatable bonds is 32. The predicted octanol–water partition coefficient (Wildman–Crippen LogP) is 19.7. The molecule has 5 aromatic rings. The molecule has 6 rings (SSSR count). The first-order valence-electron chi connectivity index (χ1n) is 26.5. The zero-order valence-electron chi connectivity index (χ0n) is 41.1. The topological polar surface area (TPSA) is 42.9 Å². The summed E-state index contributed by atoms with van der Waals surface area (Å²) < 4.78 is 24.3. The Morgan fingerprint density at radius 1 is 0.453 bits per heavy atom. The minimum atomic E-state index is -2.29. The molecule has 0 saturated heterocycles. The van der Waals surface area contributed by atoms with Gasteiger partial charge in [-0.1, -0.05) is 230 Å². The van der Waals surface area contributed by atoms with Gasteiger partial charge >= 0.3 is 0 Å². The van der Waals surface area contributed by atoms with E-state index in [0.717, 1.165) is 42.4 Å². The van der Waals surface area contributed by atoms with Crippen molar-refractivity contribution in [2.24, 2.45) is 0 Å². The third kappa shape index (κ3) is 13.5. The Balaban J connectivity index is 1.31. The molecule has 1 aromatic heterocycles. The quantitative estimate of drug-likeness (QED) is 0.0319. The zero-order chi connectivity index (χ0) is 45.0. The first-order valence-corrected chi connectivity index (χ1v) is 29.5. The second-order valence-corrected chi connectivity index (χ2v) is 23.8. The van der Waals surface area contributed by atoms with Crippen LogP contribution in [0.1, 0.15) is 217 Å². The molecule has 5 heteroatoms. The van der Waals surface area contributed by atoms with Gasteiger partial charge in [0.05, 0.1) is 18.9 Å². The number of fused-ring (bicyclic) bond motifs is 4. The fraction of sp³-hybridized carbons (Fsp3) is 0.593.